The van der Waals surface area contributed by atoms with E-state index < -0.39 is 0 Å². The summed E-state index contributed by atoms with van der Waals surface area (Å²) in [4.78, 5) is 12.4. The summed E-state index contributed by atoms with van der Waals surface area (Å²) in [5, 5.41) is 8.80. The minimum Gasteiger partial charge on any atom is -0.462 e. The number of carbonyl (C=O) groups is 1. The molecule has 0 aliphatic carbocycles. The van der Waals surface area contributed by atoms with Crippen molar-refractivity contribution in [2.45, 2.75) is 23.9 Å². The molecular formula is C13H16N4O2S. The molecule has 2 N–H and O–H groups in total. The molecule has 1 aromatic heterocycles. The van der Waals surface area contributed by atoms with Crippen LogP contribution in [0.5, 0.6) is 0 Å². The molecule has 7 heteroatoms. The lowest BCUT2D eigenvalue weighted by Gasteiger charge is -2.07. The van der Waals surface area contributed by atoms with Gasteiger partial charge in [0.05, 0.1) is 12.2 Å². The molecule has 1 aromatic carbocycles. The highest BCUT2D eigenvalue weighted by molar-refractivity contribution is 7.99. The number of aryl methyl sites for hydroxylation is 1. The van der Waals surface area contributed by atoms with Gasteiger partial charge in [0, 0.05) is 17.6 Å². The number of carbonyl (C=O) groups excluding carboxylic acids is 1. The van der Waals surface area contributed by atoms with Gasteiger partial charge in [-0.3, -0.25) is 0 Å². The van der Waals surface area contributed by atoms with E-state index in [4.69, 9.17) is 10.5 Å². The molecule has 0 bridgehead atoms. The summed E-state index contributed by atoms with van der Waals surface area (Å²) < 4.78 is 6.81. The van der Waals surface area contributed by atoms with Crippen molar-refractivity contribution >= 4 is 23.4 Å². The highest BCUT2D eigenvalue weighted by atomic mass is 32.2. The van der Waals surface area contributed by atoms with Gasteiger partial charge in [-0.1, -0.05) is 0 Å². The van der Waals surface area contributed by atoms with Crippen LogP contribution in [0.3, 0.4) is 0 Å². The summed E-state index contributed by atoms with van der Waals surface area (Å²) in [7, 11) is 1.89. The van der Waals surface area contributed by atoms with Gasteiger partial charge < -0.3 is 15.0 Å². The smallest absolute Gasteiger partial charge is 0.338 e. The van der Waals surface area contributed by atoms with Gasteiger partial charge in [-0.05, 0) is 43.8 Å². The molecule has 0 aliphatic heterocycles. The molecule has 6 nitrogen and oxygen atoms in total. The van der Waals surface area contributed by atoms with E-state index in [9.17, 15) is 4.79 Å². The number of hydrogen-bond acceptors (Lipinski definition) is 6. The fourth-order valence-electron chi connectivity index (χ4n) is 1.56. The minimum absolute atomic E-state index is 0.341. The van der Waals surface area contributed by atoms with Crippen molar-refractivity contribution in [2.75, 3.05) is 12.3 Å². The first-order valence-corrected chi connectivity index (χ1v) is 6.95. The number of esters is 1. The van der Waals surface area contributed by atoms with Crippen molar-refractivity contribution in [3.8, 4) is 0 Å². The number of ether oxygens (including phenoxy) is 1. The zero-order valence-electron chi connectivity index (χ0n) is 11.6. The lowest BCUT2D eigenvalue weighted by molar-refractivity contribution is 0.0526. The number of rotatable bonds is 4. The highest BCUT2D eigenvalue weighted by Crippen LogP contribution is 2.31. The van der Waals surface area contributed by atoms with E-state index in [0.29, 0.717) is 17.9 Å². The lowest BCUT2D eigenvalue weighted by atomic mass is 10.2. The van der Waals surface area contributed by atoms with Crippen LogP contribution in [0.4, 0.5) is 5.69 Å². The van der Waals surface area contributed by atoms with Crippen LogP contribution >= 0.6 is 11.8 Å². The number of hydrogen-bond donors (Lipinski definition) is 1. The molecule has 0 fully saturated rings. The first-order valence-electron chi connectivity index (χ1n) is 6.13. The van der Waals surface area contributed by atoms with Crippen LogP contribution in [0.1, 0.15) is 23.1 Å². The van der Waals surface area contributed by atoms with E-state index in [2.05, 4.69) is 10.2 Å². The number of anilines is 1. The van der Waals surface area contributed by atoms with Crippen molar-refractivity contribution in [1.29, 1.82) is 0 Å². The topological polar surface area (TPSA) is 83.0 Å². The van der Waals surface area contributed by atoms with Gasteiger partial charge in [-0.25, -0.2) is 4.79 Å². The molecular weight excluding hydrogens is 276 g/mol. The average molecular weight is 292 g/mol. The summed E-state index contributed by atoms with van der Waals surface area (Å²) >= 11 is 1.41. The number of nitrogens with zero attached hydrogens (tertiary/aromatic N) is 3. The minimum atomic E-state index is -0.370. The Hall–Kier alpha value is -2.02. The first-order chi connectivity index (χ1) is 9.52. The third-order valence-corrected chi connectivity index (χ3v) is 3.90. The molecule has 2 rings (SSSR count). The summed E-state index contributed by atoms with van der Waals surface area (Å²) in [6.45, 7) is 3.99. The Balaban J connectivity index is 2.22. The second-order valence-electron chi connectivity index (χ2n) is 4.16. The molecule has 0 saturated heterocycles. The first kappa shape index (κ1) is 14.4. The Morgan fingerprint density at radius 3 is 2.75 bits per heavy atom. The van der Waals surface area contributed by atoms with Crippen LogP contribution in [-0.2, 0) is 11.8 Å². The summed E-state index contributed by atoms with van der Waals surface area (Å²) in [5.41, 5.74) is 6.94. The van der Waals surface area contributed by atoms with Crippen molar-refractivity contribution in [3.63, 3.8) is 0 Å². The fraction of sp³-hybridized carbons (Fsp3) is 0.308. The van der Waals surface area contributed by atoms with E-state index in [-0.39, 0.29) is 5.97 Å². The van der Waals surface area contributed by atoms with Crippen LogP contribution in [-0.4, -0.2) is 27.3 Å². The largest absolute Gasteiger partial charge is 0.462 e. The molecule has 0 saturated carbocycles. The van der Waals surface area contributed by atoms with Gasteiger partial charge >= 0.3 is 5.97 Å². The average Bonchev–Trinajstić information content (AvgIpc) is 2.73. The quantitative estimate of drug-likeness (QED) is 0.686. The maximum Gasteiger partial charge on any atom is 0.338 e. The van der Waals surface area contributed by atoms with Crippen molar-refractivity contribution in [3.05, 3.63) is 29.6 Å². The van der Waals surface area contributed by atoms with E-state index in [1.807, 2.05) is 18.5 Å². The number of nitrogen functional groups attached to an aromatic ring is 1. The van der Waals surface area contributed by atoms with Crippen LogP contribution in [0.2, 0.25) is 0 Å². The molecule has 1 heterocycles. The van der Waals surface area contributed by atoms with E-state index >= 15 is 0 Å². The van der Waals surface area contributed by atoms with Gasteiger partial charge in [-0.2, -0.15) is 0 Å². The number of nitrogens with two attached hydrogens (primary N) is 1. The predicted octanol–water partition coefficient (Wildman–Crippen LogP) is 2.03. The van der Waals surface area contributed by atoms with Crippen molar-refractivity contribution in [2.24, 2.45) is 7.05 Å². The van der Waals surface area contributed by atoms with Gasteiger partial charge in [0.2, 0.25) is 0 Å². The maximum atomic E-state index is 11.6. The maximum absolute atomic E-state index is 11.6. The Morgan fingerprint density at radius 1 is 1.45 bits per heavy atom. The Bertz CT molecular complexity index is 639. The fourth-order valence-corrected chi connectivity index (χ4v) is 2.42. The second-order valence-corrected chi connectivity index (χ2v) is 5.17. The summed E-state index contributed by atoms with van der Waals surface area (Å²) in [6.07, 6.45) is 0. The van der Waals surface area contributed by atoms with Crippen LogP contribution in [0.15, 0.2) is 28.3 Å². The number of aromatic nitrogens is 3. The molecule has 0 unspecified atom stereocenters. The van der Waals surface area contributed by atoms with Crippen molar-refractivity contribution in [1.82, 2.24) is 14.8 Å². The molecule has 0 amide bonds. The summed E-state index contributed by atoms with van der Waals surface area (Å²) in [6, 6.07) is 5.10. The van der Waals surface area contributed by atoms with Crippen LogP contribution < -0.4 is 5.73 Å². The molecule has 2 aromatic rings. The SMILES string of the molecule is CCOC(=O)c1ccc(Sc2nnc(C)n2C)c(N)c1. The van der Waals surface area contributed by atoms with Gasteiger partial charge in [-0.15, -0.1) is 10.2 Å². The van der Waals surface area contributed by atoms with E-state index in [1.54, 1.807) is 25.1 Å². The molecule has 0 aliphatic rings. The zero-order valence-corrected chi connectivity index (χ0v) is 12.4. The highest BCUT2D eigenvalue weighted by Gasteiger charge is 2.12. The third-order valence-electron chi connectivity index (χ3n) is 2.77. The molecule has 0 radical (unpaired) electrons. The van der Waals surface area contributed by atoms with Gasteiger partial charge in [0.1, 0.15) is 5.82 Å². The number of benzene rings is 1. The monoisotopic (exact) mass is 292 g/mol. The molecule has 106 valence electrons. The van der Waals surface area contributed by atoms with Crippen LogP contribution in [0.25, 0.3) is 0 Å². The van der Waals surface area contributed by atoms with Gasteiger partial charge in [0.25, 0.3) is 0 Å². The van der Waals surface area contributed by atoms with E-state index in [0.717, 1.165) is 15.9 Å². The molecule has 0 spiro atoms. The molecule has 0 atom stereocenters. The Kier molecular flexibility index (Phi) is 4.29. The van der Waals surface area contributed by atoms with Gasteiger partial charge in [0.15, 0.2) is 5.16 Å². The predicted molar refractivity (Wildman–Crippen MR) is 76.7 cm³/mol. The van der Waals surface area contributed by atoms with Crippen molar-refractivity contribution < 1.29 is 9.53 Å². The normalized spacial score (nSPS) is 10.6. The molecule has 20 heavy (non-hydrogen) atoms. The third kappa shape index (κ3) is 2.93. The Labute approximate surface area is 121 Å². The standard InChI is InChI=1S/C13H16N4O2S/c1-4-19-12(18)9-5-6-11(10(14)7-9)20-13-16-15-8(2)17(13)3/h5-7H,4,14H2,1-3H3. The van der Waals surface area contributed by atoms with E-state index in [1.165, 1.54) is 11.8 Å². The van der Waals surface area contributed by atoms with Crippen LogP contribution in [0, 0.1) is 6.92 Å². The summed E-state index contributed by atoms with van der Waals surface area (Å²) in [5.74, 6) is 0.458. The zero-order chi connectivity index (χ0) is 14.7. The Morgan fingerprint density at radius 2 is 2.20 bits per heavy atom. The second kappa shape index (κ2) is 5.96. The lowest BCUT2D eigenvalue weighted by Crippen LogP contribution is -2.05.